The number of piperidine rings is 1. The average Bonchev–Trinajstić information content (AvgIpc) is 2.74. The van der Waals surface area contributed by atoms with Gasteiger partial charge >= 0.3 is 0 Å². The summed E-state index contributed by atoms with van der Waals surface area (Å²) in [6.45, 7) is 5.30. The lowest BCUT2D eigenvalue weighted by atomic mass is 9.76. The number of aryl methyl sites for hydroxylation is 1. The first-order valence-electron chi connectivity index (χ1n) is 9.82. The fourth-order valence-electron chi connectivity index (χ4n) is 4.05. The summed E-state index contributed by atoms with van der Waals surface area (Å²) in [6, 6.07) is 18.0. The van der Waals surface area contributed by atoms with Gasteiger partial charge in [0, 0.05) is 24.1 Å². The molecule has 1 aliphatic heterocycles. The van der Waals surface area contributed by atoms with Crippen LogP contribution in [0.3, 0.4) is 0 Å². The predicted octanol–water partition coefficient (Wildman–Crippen LogP) is 4.57. The van der Waals surface area contributed by atoms with Crippen LogP contribution < -0.4 is 0 Å². The molecular weight excluding hydrogens is 334 g/mol. The largest absolute Gasteiger partial charge is 0.396 e. The third-order valence-corrected chi connectivity index (χ3v) is 5.69. The molecular formula is C24H29NO2. The summed E-state index contributed by atoms with van der Waals surface area (Å²) in [4.78, 5) is 14.8. The van der Waals surface area contributed by atoms with E-state index in [1.165, 1.54) is 5.56 Å². The summed E-state index contributed by atoms with van der Waals surface area (Å²) in [5.41, 5.74) is 2.87. The standard InChI is InChI=1S/C24H29NO2/c1-2-20-11-13-22(14-12-20)23(27)25-17-7-16-24(18-25,19-26)15-6-10-21-8-4-3-5-9-21/h2-5,8-9,11-14,26H,1,6-7,10,15-19H2/t24-/m1/s1. The highest BCUT2D eigenvalue weighted by Crippen LogP contribution is 2.35. The molecule has 0 aromatic heterocycles. The van der Waals surface area contributed by atoms with E-state index >= 15 is 0 Å². The fraction of sp³-hybridized carbons (Fsp3) is 0.375. The number of aliphatic hydroxyl groups excluding tert-OH is 1. The van der Waals surface area contributed by atoms with E-state index in [1.54, 1.807) is 6.08 Å². The summed E-state index contributed by atoms with van der Waals surface area (Å²) < 4.78 is 0. The van der Waals surface area contributed by atoms with E-state index in [4.69, 9.17) is 0 Å². The van der Waals surface area contributed by atoms with Crippen LogP contribution in [0.1, 0.15) is 47.2 Å². The Balaban J connectivity index is 1.62. The highest BCUT2D eigenvalue weighted by atomic mass is 16.3. The smallest absolute Gasteiger partial charge is 0.253 e. The lowest BCUT2D eigenvalue weighted by Gasteiger charge is -2.42. The predicted molar refractivity (Wildman–Crippen MR) is 111 cm³/mol. The van der Waals surface area contributed by atoms with Gasteiger partial charge in [0.25, 0.3) is 5.91 Å². The van der Waals surface area contributed by atoms with Crippen LogP contribution in [0.2, 0.25) is 0 Å². The number of hydrogen-bond acceptors (Lipinski definition) is 2. The second kappa shape index (κ2) is 9.01. The van der Waals surface area contributed by atoms with Gasteiger partial charge in [-0.1, -0.05) is 55.1 Å². The van der Waals surface area contributed by atoms with E-state index in [9.17, 15) is 9.90 Å². The molecule has 1 aliphatic rings. The van der Waals surface area contributed by atoms with Gasteiger partial charge in [0.15, 0.2) is 0 Å². The van der Waals surface area contributed by atoms with Gasteiger partial charge in [-0.3, -0.25) is 4.79 Å². The van der Waals surface area contributed by atoms with E-state index in [1.807, 2.05) is 35.2 Å². The van der Waals surface area contributed by atoms with Crippen LogP contribution in [0.5, 0.6) is 0 Å². The van der Waals surface area contributed by atoms with E-state index in [2.05, 4.69) is 30.8 Å². The molecule has 0 saturated carbocycles. The molecule has 2 aromatic rings. The normalized spacial score (nSPS) is 19.7. The molecule has 3 heteroatoms. The molecule has 3 nitrogen and oxygen atoms in total. The van der Waals surface area contributed by atoms with Gasteiger partial charge in [0.1, 0.15) is 0 Å². The molecule has 0 bridgehead atoms. The molecule has 0 radical (unpaired) electrons. The number of rotatable bonds is 7. The van der Waals surface area contributed by atoms with Gasteiger partial charge in [-0.2, -0.15) is 0 Å². The topological polar surface area (TPSA) is 40.5 Å². The zero-order chi connectivity index (χ0) is 19.1. The second-order valence-corrected chi connectivity index (χ2v) is 7.65. The number of carbonyl (C=O) groups excluding carboxylic acids is 1. The first kappa shape index (κ1) is 19.4. The van der Waals surface area contributed by atoms with Crippen molar-refractivity contribution in [2.75, 3.05) is 19.7 Å². The molecule has 1 saturated heterocycles. The molecule has 1 heterocycles. The van der Waals surface area contributed by atoms with Crippen molar-refractivity contribution in [3.05, 3.63) is 77.9 Å². The lowest BCUT2D eigenvalue weighted by Crippen LogP contribution is -2.48. The van der Waals surface area contributed by atoms with Crippen LogP contribution in [0, 0.1) is 5.41 Å². The number of benzene rings is 2. The maximum Gasteiger partial charge on any atom is 0.253 e. The van der Waals surface area contributed by atoms with Gasteiger partial charge in [-0.05, 0) is 55.4 Å². The Kier molecular flexibility index (Phi) is 6.46. The minimum atomic E-state index is -0.177. The Morgan fingerprint density at radius 3 is 2.56 bits per heavy atom. The van der Waals surface area contributed by atoms with Crippen LogP contribution in [-0.4, -0.2) is 35.6 Å². The van der Waals surface area contributed by atoms with Gasteiger partial charge in [0.05, 0.1) is 6.61 Å². The molecule has 1 atom stereocenters. The van der Waals surface area contributed by atoms with E-state index in [0.29, 0.717) is 12.1 Å². The third kappa shape index (κ3) is 4.86. The van der Waals surface area contributed by atoms with Gasteiger partial charge in [0.2, 0.25) is 0 Å². The van der Waals surface area contributed by atoms with Gasteiger partial charge in [-0.15, -0.1) is 0 Å². The Labute approximate surface area is 162 Å². The molecule has 27 heavy (non-hydrogen) atoms. The van der Waals surface area contributed by atoms with E-state index < -0.39 is 0 Å². The number of likely N-dealkylation sites (tertiary alicyclic amines) is 1. The van der Waals surface area contributed by atoms with Crippen LogP contribution in [-0.2, 0) is 6.42 Å². The molecule has 1 N–H and O–H groups in total. The van der Waals surface area contributed by atoms with Crippen LogP contribution in [0.15, 0.2) is 61.2 Å². The van der Waals surface area contributed by atoms with E-state index in [-0.39, 0.29) is 17.9 Å². The Hall–Kier alpha value is -2.39. The summed E-state index contributed by atoms with van der Waals surface area (Å²) in [7, 11) is 0. The van der Waals surface area contributed by atoms with Crippen molar-refractivity contribution in [3.8, 4) is 0 Å². The van der Waals surface area contributed by atoms with Gasteiger partial charge < -0.3 is 10.0 Å². The van der Waals surface area contributed by atoms with Gasteiger partial charge in [-0.25, -0.2) is 0 Å². The Bertz CT molecular complexity index is 754. The zero-order valence-corrected chi connectivity index (χ0v) is 15.9. The second-order valence-electron chi connectivity index (χ2n) is 7.65. The van der Waals surface area contributed by atoms with E-state index in [0.717, 1.165) is 44.2 Å². The van der Waals surface area contributed by atoms with Crippen LogP contribution in [0.25, 0.3) is 6.08 Å². The Morgan fingerprint density at radius 2 is 1.89 bits per heavy atom. The van der Waals surface area contributed by atoms with Crippen molar-refractivity contribution in [1.29, 1.82) is 0 Å². The summed E-state index contributed by atoms with van der Waals surface area (Å²) in [5.74, 6) is 0.0613. The molecule has 0 unspecified atom stereocenters. The van der Waals surface area contributed by atoms with Crippen LogP contribution >= 0.6 is 0 Å². The van der Waals surface area contributed by atoms with Crippen molar-refractivity contribution in [2.45, 2.75) is 32.1 Å². The zero-order valence-electron chi connectivity index (χ0n) is 15.9. The summed E-state index contributed by atoms with van der Waals surface area (Å²) in [5, 5.41) is 10.1. The molecule has 1 amide bonds. The Morgan fingerprint density at radius 1 is 1.15 bits per heavy atom. The molecule has 142 valence electrons. The minimum Gasteiger partial charge on any atom is -0.396 e. The lowest BCUT2D eigenvalue weighted by molar-refractivity contribution is 0.0216. The highest BCUT2D eigenvalue weighted by molar-refractivity contribution is 5.94. The summed E-state index contributed by atoms with van der Waals surface area (Å²) in [6.07, 6.45) is 6.69. The third-order valence-electron chi connectivity index (χ3n) is 5.69. The number of amides is 1. The number of carbonyl (C=O) groups is 1. The average molecular weight is 364 g/mol. The number of aliphatic hydroxyl groups is 1. The fourth-order valence-corrected chi connectivity index (χ4v) is 4.05. The SMILES string of the molecule is C=Cc1ccc(C(=O)N2CCC[C@](CO)(CCCc3ccccc3)C2)cc1. The quantitative estimate of drug-likeness (QED) is 0.783. The number of nitrogens with zero attached hydrogens (tertiary/aromatic N) is 1. The maximum atomic E-state index is 12.9. The molecule has 0 aliphatic carbocycles. The van der Waals surface area contributed by atoms with Crippen molar-refractivity contribution in [2.24, 2.45) is 5.41 Å². The summed E-state index contributed by atoms with van der Waals surface area (Å²) >= 11 is 0. The molecule has 1 fully saturated rings. The van der Waals surface area contributed by atoms with Crippen molar-refractivity contribution in [1.82, 2.24) is 4.90 Å². The molecule has 3 rings (SSSR count). The minimum absolute atomic E-state index is 0.0613. The molecule has 2 aromatic carbocycles. The highest BCUT2D eigenvalue weighted by Gasteiger charge is 2.36. The first-order valence-corrected chi connectivity index (χ1v) is 9.82. The van der Waals surface area contributed by atoms with Crippen molar-refractivity contribution >= 4 is 12.0 Å². The van der Waals surface area contributed by atoms with Crippen molar-refractivity contribution < 1.29 is 9.90 Å². The monoisotopic (exact) mass is 363 g/mol. The first-order chi connectivity index (χ1) is 13.2. The maximum absolute atomic E-state index is 12.9. The molecule has 0 spiro atoms. The van der Waals surface area contributed by atoms with Crippen molar-refractivity contribution in [3.63, 3.8) is 0 Å². The van der Waals surface area contributed by atoms with Crippen LogP contribution in [0.4, 0.5) is 0 Å². The number of hydrogen-bond donors (Lipinski definition) is 1.